The van der Waals surface area contributed by atoms with E-state index < -0.39 is 0 Å². The lowest BCUT2D eigenvalue weighted by molar-refractivity contribution is 0.222. The minimum atomic E-state index is -0.101. The summed E-state index contributed by atoms with van der Waals surface area (Å²) >= 11 is 5.96. The maximum absolute atomic E-state index is 12.1. The number of likely N-dealkylation sites (tertiary alicyclic amines) is 1. The van der Waals surface area contributed by atoms with Crippen molar-refractivity contribution in [3.8, 4) is 11.8 Å². The molecule has 0 bridgehead atoms. The van der Waals surface area contributed by atoms with Crippen molar-refractivity contribution in [2.24, 2.45) is 5.73 Å². The van der Waals surface area contributed by atoms with E-state index in [0.29, 0.717) is 10.7 Å². The third-order valence-electron chi connectivity index (χ3n) is 2.94. The van der Waals surface area contributed by atoms with Crippen LogP contribution in [0.2, 0.25) is 5.02 Å². The quantitative estimate of drug-likeness (QED) is 0.774. The van der Waals surface area contributed by atoms with Gasteiger partial charge in [-0.3, -0.25) is 0 Å². The number of anilines is 1. The maximum atomic E-state index is 12.1. The zero-order chi connectivity index (χ0) is 13.7. The number of benzene rings is 1. The molecule has 0 saturated carbocycles. The molecule has 0 spiro atoms. The molecule has 1 saturated heterocycles. The Bertz CT molecular complexity index is 527. The van der Waals surface area contributed by atoms with E-state index in [1.807, 2.05) is 0 Å². The van der Waals surface area contributed by atoms with Crippen LogP contribution >= 0.6 is 11.6 Å². The number of nitrogens with one attached hydrogen (secondary N) is 1. The van der Waals surface area contributed by atoms with Gasteiger partial charge >= 0.3 is 6.03 Å². The van der Waals surface area contributed by atoms with Gasteiger partial charge in [-0.05, 0) is 31.0 Å². The first-order valence-corrected chi connectivity index (χ1v) is 6.63. The summed E-state index contributed by atoms with van der Waals surface area (Å²) in [5.74, 6) is 5.71. The van der Waals surface area contributed by atoms with Gasteiger partial charge in [0.2, 0.25) is 0 Å². The predicted molar refractivity (Wildman–Crippen MR) is 77.2 cm³/mol. The summed E-state index contributed by atoms with van der Waals surface area (Å²) < 4.78 is 0. The molecule has 0 aliphatic carbocycles. The standard InChI is InChI=1S/C14H16ClN3O/c15-12-6-5-11(4-3-7-16)13(10-12)17-14(19)18-8-1-2-9-18/h5-6,10H,1-2,7-9,16H2,(H,17,19). The van der Waals surface area contributed by atoms with Crippen LogP contribution in [0, 0.1) is 11.8 Å². The van der Waals surface area contributed by atoms with Crippen molar-refractivity contribution < 1.29 is 4.79 Å². The number of halogens is 1. The van der Waals surface area contributed by atoms with E-state index in [2.05, 4.69) is 17.2 Å². The second kappa shape index (κ2) is 6.46. The second-order valence-electron chi connectivity index (χ2n) is 4.32. The largest absolute Gasteiger partial charge is 0.325 e. The number of carbonyl (C=O) groups is 1. The molecule has 1 fully saturated rings. The molecule has 1 aromatic carbocycles. The molecule has 0 radical (unpaired) electrons. The van der Waals surface area contributed by atoms with Crippen LogP contribution in [0.3, 0.4) is 0 Å². The van der Waals surface area contributed by atoms with Crippen molar-refractivity contribution in [1.29, 1.82) is 0 Å². The van der Waals surface area contributed by atoms with Crippen LogP contribution in [0.15, 0.2) is 18.2 Å². The fraction of sp³-hybridized carbons (Fsp3) is 0.357. The van der Waals surface area contributed by atoms with Gasteiger partial charge in [-0.2, -0.15) is 0 Å². The van der Waals surface area contributed by atoms with Crippen molar-refractivity contribution in [1.82, 2.24) is 4.90 Å². The summed E-state index contributed by atoms with van der Waals surface area (Å²) in [6, 6.07) is 5.13. The molecular weight excluding hydrogens is 262 g/mol. The van der Waals surface area contributed by atoms with Crippen molar-refractivity contribution in [2.75, 3.05) is 25.0 Å². The highest BCUT2D eigenvalue weighted by Gasteiger charge is 2.18. The van der Waals surface area contributed by atoms with Gasteiger partial charge in [0.25, 0.3) is 0 Å². The Morgan fingerprint density at radius 2 is 2.16 bits per heavy atom. The molecule has 0 atom stereocenters. The lowest BCUT2D eigenvalue weighted by Crippen LogP contribution is -2.32. The van der Waals surface area contributed by atoms with Crippen molar-refractivity contribution in [3.05, 3.63) is 28.8 Å². The van der Waals surface area contributed by atoms with Gasteiger partial charge in [0.05, 0.1) is 12.2 Å². The summed E-state index contributed by atoms with van der Waals surface area (Å²) in [6.45, 7) is 1.88. The SMILES string of the molecule is NCC#Cc1ccc(Cl)cc1NC(=O)N1CCCC1. The number of nitrogens with two attached hydrogens (primary N) is 1. The van der Waals surface area contributed by atoms with Crippen LogP contribution in [0.25, 0.3) is 0 Å². The van der Waals surface area contributed by atoms with Crippen LogP contribution in [-0.2, 0) is 0 Å². The van der Waals surface area contributed by atoms with Crippen LogP contribution in [0.5, 0.6) is 0 Å². The van der Waals surface area contributed by atoms with Crippen LogP contribution in [0.4, 0.5) is 10.5 Å². The molecule has 0 aromatic heterocycles. The number of amides is 2. The third-order valence-corrected chi connectivity index (χ3v) is 3.18. The molecule has 1 heterocycles. The van der Waals surface area contributed by atoms with Gasteiger partial charge < -0.3 is 16.0 Å². The molecule has 3 N–H and O–H groups in total. The molecular formula is C14H16ClN3O. The summed E-state index contributed by atoms with van der Waals surface area (Å²) in [5.41, 5.74) is 6.72. The first-order chi connectivity index (χ1) is 9.20. The van der Waals surface area contributed by atoms with Crippen LogP contribution < -0.4 is 11.1 Å². The van der Waals surface area contributed by atoms with Gasteiger partial charge in [-0.15, -0.1) is 0 Å². The lowest BCUT2D eigenvalue weighted by atomic mass is 10.2. The Morgan fingerprint density at radius 1 is 1.42 bits per heavy atom. The zero-order valence-corrected chi connectivity index (χ0v) is 11.3. The minimum absolute atomic E-state index is 0.101. The Hall–Kier alpha value is -1.70. The summed E-state index contributed by atoms with van der Waals surface area (Å²) in [4.78, 5) is 13.8. The van der Waals surface area contributed by atoms with E-state index >= 15 is 0 Å². The van der Waals surface area contributed by atoms with Crippen LogP contribution in [-0.4, -0.2) is 30.6 Å². The Kier molecular flexibility index (Phi) is 4.67. The van der Waals surface area contributed by atoms with E-state index in [9.17, 15) is 4.79 Å². The number of rotatable bonds is 1. The van der Waals surface area contributed by atoms with E-state index in [0.717, 1.165) is 31.5 Å². The van der Waals surface area contributed by atoms with Gasteiger partial charge in [0.15, 0.2) is 0 Å². The summed E-state index contributed by atoms with van der Waals surface area (Å²) in [7, 11) is 0. The van der Waals surface area contributed by atoms with E-state index in [4.69, 9.17) is 17.3 Å². The Balaban J connectivity index is 2.17. The molecule has 1 aromatic rings. The van der Waals surface area contributed by atoms with E-state index in [1.54, 1.807) is 23.1 Å². The molecule has 100 valence electrons. The van der Waals surface area contributed by atoms with Gasteiger partial charge in [-0.1, -0.05) is 23.4 Å². The monoisotopic (exact) mass is 277 g/mol. The first kappa shape index (κ1) is 13.7. The molecule has 2 rings (SSSR count). The van der Waals surface area contributed by atoms with E-state index in [1.165, 1.54) is 0 Å². The molecule has 4 nitrogen and oxygen atoms in total. The van der Waals surface area contributed by atoms with Gasteiger partial charge in [0, 0.05) is 23.7 Å². The third kappa shape index (κ3) is 3.63. The predicted octanol–water partition coefficient (Wildman–Crippen LogP) is 2.28. The Morgan fingerprint density at radius 3 is 2.84 bits per heavy atom. The van der Waals surface area contributed by atoms with Gasteiger partial charge in [0.1, 0.15) is 0 Å². The average molecular weight is 278 g/mol. The Labute approximate surface area is 117 Å². The van der Waals surface area contributed by atoms with Crippen molar-refractivity contribution >= 4 is 23.3 Å². The van der Waals surface area contributed by atoms with Gasteiger partial charge in [-0.25, -0.2) is 4.79 Å². The lowest BCUT2D eigenvalue weighted by Gasteiger charge is -2.17. The number of hydrogen-bond donors (Lipinski definition) is 2. The van der Waals surface area contributed by atoms with E-state index in [-0.39, 0.29) is 12.6 Å². The molecule has 0 unspecified atom stereocenters. The zero-order valence-electron chi connectivity index (χ0n) is 10.6. The fourth-order valence-corrected chi connectivity index (χ4v) is 2.16. The highest BCUT2D eigenvalue weighted by atomic mass is 35.5. The normalized spacial score (nSPS) is 13.9. The summed E-state index contributed by atoms with van der Waals surface area (Å²) in [6.07, 6.45) is 2.12. The molecule has 5 heteroatoms. The smallest absolute Gasteiger partial charge is 0.321 e. The minimum Gasteiger partial charge on any atom is -0.325 e. The molecule has 1 aliphatic heterocycles. The number of nitrogens with zero attached hydrogens (tertiary/aromatic N) is 1. The number of hydrogen-bond acceptors (Lipinski definition) is 2. The second-order valence-corrected chi connectivity index (χ2v) is 4.76. The number of urea groups is 1. The first-order valence-electron chi connectivity index (χ1n) is 6.25. The highest BCUT2D eigenvalue weighted by Crippen LogP contribution is 2.21. The summed E-state index contributed by atoms with van der Waals surface area (Å²) in [5, 5.41) is 3.43. The average Bonchev–Trinajstić information content (AvgIpc) is 2.92. The van der Waals surface area contributed by atoms with Crippen LogP contribution in [0.1, 0.15) is 18.4 Å². The topological polar surface area (TPSA) is 58.4 Å². The fourth-order valence-electron chi connectivity index (χ4n) is 1.99. The molecule has 1 aliphatic rings. The highest BCUT2D eigenvalue weighted by molar-refractivity contribution is 6.31. The van der Waals surface area contributed by atoms with Crippen molar-refractivity contribution in [3.63, 3.8) is 0 Å². The molecule has 19 heavy (non-hydrogen) atoms. The number of carbonyl (C=O) groups excluding carboxylic acids is 1. The molecule has 2 amide bonds. The maximum Gasteiger partial charge on any atom is 0.321 e. The van der Waals surface area contributed by atoms with Crippen molar-refractivity contribution in [2.45, 2.75) is 12.8 Å².